The molecule has 0 fully saturated rings. The van der Waals surface area contributed by atoms with Crippen LogP contribution in [0.3, 0.4) is 0 Å². The van der Waals surface area contributed by atoms with Crippen LogP contribution >= 0.6 is 0 Å². The molecular formula is C43H30N2. The lowest BCUT2D eigenvalue weighted by molar-refractivity contribution is 1.17. The molecule has 0 bridgehead atoms. The molecule has 0 N–H and O–H groups in total. The molecule has 0 saturated heterocycles. The molecule has 0 atom stereocenters. The zero-order valence-corrected chi connectivity index (χ0v) is 24.8. The third kappa shape index (κ3) is 4.18. The molecule has 0 unspecified atom stereocenters. The fraction of sp³-hybridized carbons (Fsp3) is 0.0233. The summed E-state index contributed by atoms with van der Waals surface area (Å²) in [6.45, 7) is 0. The normalized spacial score (nSPS) is 11.6. The van der Waals surface area contributed by atoms with Gasteiger partial charge in [0.1, 0.15) is 0 Å². The Morgan fingerprint density at radius 1 is 0.356 bits per heavy atom. The average molecular weight is 575 g/mol. The number of nitrogens with zero attached hydrogens (tertiary/aromatic N) is 2. The zero-order valence-electron chi connectivity index (χ0n) is 24.8. The lowest BCUT2D eigenvalue weighted by atomic mass is 9.93. The fourth-order valence-corrected chi connectivity index (χ4v) is 7.16. The van der Waals surface area contributed by atoms with Gasteiger partial charge in [-0.25, -0.2) is 0 Å². The number of hydrogen-bond donors (Lipinski definition) is 0. The number of benzene rings is 7. The number of para-hydroxylation sites is 4. The maximum atomic E-state index is 2.39. The Bertz CT molecular complexity index is 2500. The minimum absolute atomic E-state index is 0.862. The highest BCUT2D eigenvalue weighted by atomic mass is 15.0. The van der Waals surface area contributed by atoms with Crippen molar-refractivity contribution in [1.82, 2.24) is 9.13 Å². The third-order valence-electron chi connectivity index (χ3n) is 9.16. The van der Waals surface area contributed by atoms with Gasteiger partial charge in [0.25, 0.3) is 0 Å². The third-order valence-corrected chi connectivity index (χ3v) is 9.16. The molecule has 0 amide bonds. The number of fused-ring (bicyclic) bond motifs is 6. The number of hydrogen-bond acceptors (Lipinski definition) is 0. The molecule has 0 aliphatic heterocycles. The monoisotopic (exact) mass is 574 g/mol. The van der Waals surface area contributed by atoms with Gasteiger partial charge in [-0.15, -0.1) is 0 Å². The van der Waals surface area contributed by atoms with Gasteiger partial charge < -0.3 is 9.13 Å². The summed E-state index contributed by atoms with van der Waals surface area (Å²) < 4.78 is 4.75. The Kier molecular flexibility index (Phi) is 5.92. The summed E-state index contributed by atoms with van der Waals surface area (Å²) in [6.07, 6.45) is 0.862. The van der Waals surface area contributed by atoms with Crippen LogP contribution in [-0.4, -0.2) is 9.13 Å². The Morgan fingerprint density at radius 2 is 0.844 bits per heavy atom. The standard InChI is InChI=1S/C43H30N2/c1-3-14-33(15-4-1)44-40-21-11-9-19-36(40)38-28-30(23-25-42(38)44)27-31-13-7-8-18-35(31)32-24-26-43-39(29-32)37-20-10-12-22-41(37)45(43)34-16-5-2-6-17-34/h1-26,28-29H,27H2. The zero-order chi connectivity index (χ0) is 29.7. The van der Waals surface area contributed by atoms with Crippen molar-refractivity contribution in [3.8, 4) is 22.5 Å². The molecule has 45 heavy (non-hydrogen) atoms. The van der Waals surface area contributed by atoms with Crippen molar-refractivity contribution < 1.29 is 0 Å². The fourth-order valence-electron chi connectivity index (χ4n) is 7.16. The van der Waals surface area contributed by atoms with Gasteiger partial charge in [-0.2, -0.15) is 0 Å². The molecule has 0 saturated carbocycles. The summed E-state index contributed by atoms with van der Waals surface area (Å²) in [4.78, 5) is 0. The van der Waals surface area contributed by atoms with Crippen LogP contribution in [0.2, 0.25) is 0 Å². The van der Waals surface area contributed by atoms with Crippen molar-refractivity contribution in [2.24, 2.45) is 0 Å². The maximum Gasteiger partial charge on any atom is 0.0541 e. The molecule has 9 rings (SSSR count). The van der Waals surface area contributed by atoms with E-state index in [4.69, 9.17) is 0 Å². The highest BCUT2D eigenvalue weighted by Crippen LogP contribution is 2.37. The van der Waals surface area contributed by atoms with Crippen LogP contribution in [0.1, 0.15) is 11.1 Å². The topological polar surface area (TPSA) is 9.86 Å². The predicted octanol–water partition coefficient (Wildman–Crippen LogP) is 11.1. The first-order valence-corrected chi connectivity index (χ1v) is 15.6. The van der Waals surface area contributed by atoms with Gasteiger partial charge in [-0.05, 0) is 89.3 Å². The van der Waals surface area contributed by atoms with Crippen LogP contribution < -0.4 is 0 Å². The van der Waals surface area contributed by atoms with Crippen molar-refractivity contribution in [1.29, 1.82) is 0 Å². The van der Waals surface area contributed by atoms with E-state index >= 15 is 0 Å². The van der Waals surface area contributed by atoms with Crippen LogP contribution in [0.4, 0.5) is 0 Å². The molecule has 0 spiro atoms. The van der Waals surface area contributed by atoms with Gasteiger partial charge in [-0.1, -0.05) is 109 Å². The van der Waals surface area contributed by atoms with E-state index in [0.29, 0.717) is 0 Å². The van der Waals surface area contributed by atoms with Crippen LogP contribution in [0, 0.1) is 0 Å². The largest absolute Gasteiger partial charge is 0.309 e. The first-order chi connectivity index (χ1) is 22.3. The summed E-state index contributed by atoms with van der Waals surface area (Å²) in [5.41, 5.74) is 12.5. The smallest absolute Gasteiger partial charge is 0.0541 e. The highest BCUT2D eigenvalue weighted by Gasteiger charge is 2.16. The Morgan fingerprint density at radius 3 is 1.49 bits per heavy atom. The van der Waals surface area contributed by atoms with E-state index < -0.39 is 0 Å². The average Bonchev–Trinajstić information content (AvgIpc) is 3.62. The molecule has 2 heteroatoms. The molecule has 212 valence electrons. The first-order valence-electron chi connectivity index (χ1n) is 15.6. The molecule has 9 aromatic rings. The van der Waals surface area contributed by atoms with Crippen molar-refractivity contribution in [3.05, 3.63) is 181 Å². The minimum atomic E-state index is 0.862. The van der Waals surface area contributed by atoms with E-state index in [0.717, 1.165) is 6.42 Å². The molecule has 2 aromatic heterocycles. The van der Waals surface area contributed by atoms with Crippen molar-refractivity contribution in [2.75, 3.05) is 0 Å². The van der Waals surface area contributed by atoms with Gasteiger partial charge in [0.15, 0.2) is 0 Å². The van der Waals surface area contributed by atoms with Crippen molar-refractivity contribution in [2.45, 2.75) is 6.42 Å². The van der Waals surface area contributed by atoms with Crippen LogP contribution in [0.5, 0.6) is 0 Å². The quantitative estimate of drug-likeness (QED) is 0.193. The number of aromatic nitrogens is 2. The molecule has 0 aliphatic rings. The van der Waals surface area contributed by atoms with E-state index in [9.17, 15) is 0 Å². The Labute approximate surface area is 262 Å². The predicted molar refractivity (Wildman–Crippen MR) is 190 cm³/mol. The second-order valence-corrected chi connectivity index (χ2v) is 11.8. The summed E-state index contributed by atoms with van der Waals surface area (Å²) in [5, 5.41) is 5.12. The van der Waals surface area contributed by atoms with Gasteiger partial charge in [0.2, 0.25) is 0 Å². The molecular weight excluding hydrogens is 544 g/mol. The van der Waals surface area contributed by atoms with E-state index in [1.807, 2.05) is 0 Å². The summed E-state index contributed by atoms with van der Waals surface area (Å²) >= 11 is 0. The van der Waals surface area contributed by atoms with E-state index in [2.05, 4.69) is 179 Å². The van der Waals surface area contributed by atoms with Crippen molar-refractivity contribution in [3.63, 3.8) is 0 Å². The number of rotatable bonds is 5. The summed E-state index contributed by atoms with van der Waals surface area (Å²) in [5.74, 6) is 0. The molecule has 0 radical (unpaired) electrons. The lowest BCUT2D eigenvalue weighted by Gasteiger charge is -2.12. The van der Waals surface area contributed by atoms with E-state index in [1.165, 1.54) is 77.2 Å². The lowest BCUT2D eigenvalue weighted by Crippen LogP contribution is -1.95. The van der Waals surface area contributed by atoms with E-state index in [1.54, 1.807) is 0 Å². The second-order valence-electron chi connectivity index (χ2n) is 11.8. The van der Waals surface area contributed by atoms with E-state index in [-0.39, 0.29) is 0 Å². The summed E-state index contributed by atoms with van der Waals surface area (Å²) in [6, 6.07) is 61.6. The first kappa shape index (κ1) is 25.6. The molecule has 2 nitrogen and oxygen atoms in total. The Balaban J connectivity index is 1.16. The molecule has 7 aromatic carbocycles. The van der Waals surface area contributed by atoms with Crippen molar-refractivity contribution >= 4 is 43.6 Å². The minimum Gasteiger partial charge on any atom is -0.309 e. The Hall–Kier alpha value is -5.86. The van der Waals surface area contributed by atoms with Crippen LogP contribution in [0.15, 0.2) is 170 Å². The highest BCUT2D eigenvalue weighted by molar-refractivity contribution is 6.11. The van der Waals surface area contributed by atoms with Gasteiger partial charge in [-0.3, -0.25) is 0 Å². The second kappa shape index (κ2) is 10.4. The van der Waals surface area contributed by atoms with Gasteiger partial charge in [0.05, 0.1) is 22.1 Å². The molecule has 2 heterocycles. The van der Waals surface area contributed by atoms with Gasteiger partial charge in [0, 0.05) is 32.9 Å². The SMILES string of the molecule is c1ccc(-n2c3ccccc3c3cc(Cc4ccccc4-c4ccc5c(c4)c4ccccc4n5-c4ccccc4)ccc32)cc1. The maximum absolute atomic E-state index is 2.39. The van der Waals surface area contributed by atoms with Crippen LogP contribution in [0.25, 0.3) is 66.1 Å². The molecule has 0 aliphatic carbocycles. The van der Waals surface area contributed by atoms with Crippen LogP contribution in [-0.2, 0) is 6.42 Å². The van der Waals surface area contributed by atoms with Gasteiger partial charge >= 0.3 is 0 Å². The summed E-state index contributed by atoms with van der Waals surface area (Å²) in [7, 11) is 0.